The molecule has 1 aliphatic rings. The number of hydrogen-bond acceptors (Lipinski definition) is 2. The van der Waals surface area contributed by atoms with E-state index >= 15 is 0 Å². The zero-order valence-corrected chi connectivity index (χ0v) is 10.7. The Hall–Kier alpha value is -1.33. The third-order valence-corrected chi connectivity index (χ3v) is 3.79. The van der Waals surface area contributed by atoms with Crippen molar-refractivity contribution < 1.29 is 5.11 Å². The van der Waals surface area contributed by atoms with Gasteiger partial charge in [-0.3, -0.25) is 0 Å². The Balaban J connectivity index is 2.29. The first-order valence-corrected chi connectivity index (χ1v) is 6.07. The monoisotopic (exact) mass is 229 g/mol. The molecule has 2 unspecified atom stereocenters. The fourth-order valence-corrected chi connectivity index (χ4v) is 2.37. The topological polar surface area (TPSA) is 44.0 Å². The lowest BCUT2D eigenvalue weighted by Crippen LogP contribution is -2.13. The van der Waals surface area contributed by atoms with Crippen molar-refractivity contribution in [2.45, 2.75) is 38.0 Å². The molecule has 90 valence electrons. The van der Waals surface area contributed by atoms with Crippen molar-refractivity contribution in [1.29, 1.82) is 5.26 Å². The molecule has 1 saturated carbocycles. The van der Waals surface area contributed by atoms with Gasteiger partial charge in [-0.25, -0.2) is 0 Å². The maximum absolute atomic E-state index is 9.28. The molecule has 0 radical (unpaired) electrons. The second-order valence-electron chi connectivity index (χ2n) is 5.99. The normalized spacial score (nSPS) is 27.6. The maximum atomic E-state index is 9.28. The highest BCUT2D eigenvalue weighted by atomic mass is 16.3. The van der Waals surface area contributed by atoms with Crippen LogP contribution in [0, 0.1) is 17.2 Å². The van der Waals surface area contributed by atoms with Crippen LogP contribution in [0.3, 0.4) is 0 Å². The van der Waals surface area contributed by atoms with Gasteiger partial charge in [0.1, 0.15) is 0 Å². The predicted octanol–water partition coefficient (Wildman–Crippen LogP) is 2.76. The van der Waals surface area contributed by atoms with E-state index < -0.39 is 5.41 Å². The van der Waals surface area contributed by atoms with Gasteiger partial charge >= 0.3 is 0 Å². The van der Waals surface area contributed by atoms with Crippen molar-refractivity contribution in [2.75, 3.05) is 6.61 Å². The van der Waals surface area contributed by atoms with Crippen LogP contribution in [0.1, 0.15) is 38.3 Å². The highest BCUT2D eigenvalue weighted by Gasteiger charge is 2.55. The second-order valence-corrected chi connectivity index (χ2v) is 5.99. The second kappa shape index (κ2) is 3.85. The van der Waals surface area contributed by atoms with E-state index in [1.807, 2.05) is 12.1 Å². The van der Waals surface area contributed by atoms with Crippen LogP contribution in [0.15, 0.2) is 24.3 Å². The van der Waals surface area contributed by atoms with Gasteiger partial charge in [-0.15, -0.1) is 0 Å². The Morgan fingerprint density at radius 1 is 1.35 bits per heavy atom. The molecule has 0 bridgehead atoms. The summed E-state index contributed by atoms with van der Waals surface area (Å²) >= 11 is 0. The number of nitriles is 1. The molecule has 1 aliphatic carbocycles. The standard InChI is InChI=1S/C15H19NO/c1-14(2,3)11-4-6-12(7-5-11)15(10-16)8-13(15)9-17/h4-7,13,17H,8-9H2,1-3H3. The first-order chi connectivity index (χ1) is 7.94. The van der Waals surface area contributed by atoms with Crippen molar-refractivity contribution in [3.8, 4) is 6.07 Å². The average Bonchev–Trinajstić information content (AvgIpc) is 3.03. The van der Waals surface area contributed by atoms with E-state index in [9.17, 15) is 5.26 Å². The van der Waals surface area contributed by atoms with Gasteiger partial charge < -0.3 is 5.11 Å². The molecule has 2 rings (SSSR count). The Morgan fingerprint density at radius 3 is 2.29 bits per heavy atom. The van der Waals surface area contributed by atoms with Crippen LogP contribution in [0.2, 0.25) is 0 Å². The lowest BCUT2D eigenvalue weighted by Gasteiger charge is -2.20. The molecule has 0 heterocycles. The number of rotatable bonds is 2. The molecule has 0 spiro atoms. The first kappa shape index (κ1) is 12.1. The molecule has 2 atom stereocenters. The van der Waals surface area contributed by atoms with E-state index in [0.717, 1.165) is 12.0 Å². The van der Waals surface area contributed by atoms with Crippen LogP contribution in [0.5, 0.6) is 0 Å². The number of aliphatic hydroxyl groups is 1. The van der Waals surface area contributed by atoms with Crippen LogP contribution in [-0.4, -0.2) is 11.7 Å². The average molecular weight is 229 g/mol. The van der Waals surface area contributed by atoms with Gasteiger partial charge in [0.2, 0.25) is 0 Å². The van der Waals surface area contributed by atoms with Gasteiger partial charge in [-0.2, -0.15) is 5.26 Å². The molecule has 1 aromatic carbocycles. The molecule has 2 nitrogen and oxygen atoms in total. The number of benzene rings is 1. The van der Waals surface area contributed by atoms with E-state index in [0.29, 0.717) is 0 Å². The number of aliphatic hydroxyl groups excluding tert-OH is 1. The van der Waals surface area contributed by atoms with Gasteiger partial charge in [0.15, 0.2) is 0 Å². The minimum absolute atomic E-state index is 0.106. The minimum atomic E-state index is -0.425. The first-order valence-electron chi connectivity index (χ1n) is 6.07. The molecule has 0 saturated heterocycles. The highest BCUT2D eigenvalue weighted by molar-refractivity contribution is 5.43. The Kier molecular flexibility index (Phi) is 2.75. The van der Waals surface area contributed by atoms with Gasteiger partial charge in [-0.05, 0) is 23.0 Å². The third-order valence-electron chi connectivity index (χ3n) is 3.79. The summed E-state index contributed by atoms with van der Waals surface area (Å²) in [5.41, 5.74) is 2.03. The van der Waals surface area contributed by atoms with E-state index in [-0.39, 0.29) is 17.9 Å². The quantitative estimate of drug-likeness (QED) is 0.847. The van der Waals surface area contributed by atoms with Crippen LogP contribution >= 0.6 is 0 Å². The fourth-order valence-electron chi connectivity index (χ4n) is 2.37. The SMILES string of the molecule is CC(C)(C)c1ccc(C2(C#N)CC2CO)cc1. The van der Waals surface area contributed by atoms with E-state index in [2.05, 4.69) is 39.0 Å². The zero-order valence-electron chi connectivity index (χ0n) is 10.7. The van der Waals surface area contributed by atoms with Gasteiger partial charge in [0, 0.05) is 12.5 Å². The van der Waals surface area contributed by atoms with E-state index in [1.165, 1.54) is 5.56 Å². The smallest absolute Gasteiger partial charge is 0.0877 e. The van der Waals surface area contributed by atoms with E-state index in [4.69, 9.17) is 5.11 Å². The maximum Gasteiger partial charge on any atom is 0.0877 e. The molecular weight excluding hydrogens is 210 g/mol. The Bertz CT molecular complexity index is 449. The summed E-state index contributed by atoms with van der Waals surface area (Å²) in [7, 11) is 0. The molecule has 17 heavy (non-hydrogen) atoms. The summed E-state index contributed by atoms with van der Waals surface area (Å²) in [5, 5.41) is 18.4. The van der Waals surface area contributed by atoms with Crippen LogP contribution < -0.4 is 0 Å². The van der Waals surface area contributed by atoms with Crippen LogP contribution in [0.25, 0.3) is 0 Å². The molecule has 0 aliphatic heterocycles. The van der Waals surface area contributed by atoms with Crippen molar-refractivity contribution in [2.24, 2.45) is 5.92 Å². The van der Waals surface area contributed by atoms with E-state index in [1.54, 1.807) is 0 Å². The van der Waals surface area contributed by atoms with Crippen molar-refractivity contribution in [3.63, 3.8) is 0 Å². The minimum Gasteiger partial charge on any atom is -0.396 e. The zero-order chi connectivity index (χ0) is 12.7. The van der Waals surface area contributed by atoms with Crippen LogP contribution in [-0.2, 0) is 10.8 Å². The molecule has 0 amide bonds. The molecule has 1 N–H and O–H groups in total. The van der Waals surface area contributed by atoms with Gasteiger partial charge in [-0.1, -0.05) is 45.0 Å². The molecule has 2 heteroatoms. The lowest BCUT2D eigenvalue weighted by atomic mass is 9.85. The summed E-state index contributed by atoms with van der Waals surface area (Å²) in [6.07, 6.45) is 0.787. The van der Waals surface area contributed by atoms with Crippen molar-refractivity contribution in [3.05, 3.63) is 35.4 Å². The van der Waals surface area contributed by atoms with Gasteiger partial charge in [0.05, 0.1) is 11.5 Å². The summed E-state index contributed by atoms with van der Waals surface area (Å²) in [4.78, 5) is 0. The number of hydrogen-bond donors (Lipinski definition) is 1. The Labute approximate surface area is 103 Å². The largest absolute Gasteiger partial charge is 0.396 e. The summed E-state index contributed by atoms with van der Waals surface area (Å²) < 4.78 is 0. The van der Waals surface area contributed by atoms with Crippen molar-refractivity contribution >= 4 is 0 Å². The lowest BCUT2D eigenvalue weighted by molar-refractivity contribution is 0.269. The third kappa shape index (κ3) is 1.96. The van der Waals surface area contributed by atoms with Gasteiger partial charge in [0.25, 0.3) is 0 Å². The molecule has 0 aromatic heterocycles. The summed E-state index contributed by atoms with van der Waals surface area (Å²) in [6.45, 7) is 6.63. The Morgan fingerprint density at radius 2 is 1.94 bits per heavy atom. The highest BCUT2D eigenvalue weighted by Crippen LogP contribution is 2.53. The summed E-state index contributed by atoms with van der Waals surface area (Å²) in [6, 6.07) is 10.6. The molecule has 1 aromatic rings. The fraction of sp³-hybridized carbons (Fsp3) is 0.533. The summed E-state index contributed by atoms with van der Waals surface area (Å²) in [5.74, 6) is 0.119. The van der Waals surface area contributed by atoms with Crippen molar-refractivity contribution in [1.82, 2.24) is 0 Å². The molecular formula is C15H19NO. The van der Waals surface area contributed by atoms with Crippen LogP contribution in [0.4, 0.5) is 0 Å². The predicted molar refractivity (Wildman–Crippen MR) is 67.6 cm³/mol. The number of nitrogens with zero attached hydrogens (tertiary/aromatic N) is 1. The molecule has 1 fully saturated rings.